The lowest BCUT2D eigenvalue weighted by molar-refractivity contribution is 0.389. The molecule has 0 amide bonds. The van der Waals surface area contributed by atoms with Crippen LogP contribution in [-0.2, 0) is 0 Å². The molecule has 0 heterocycles. The van der Waals surface area contributed by atoms with Crippen LogP contribution in [0, 0.1) is 0 Å². The molecule has 0 radical (unpaired) electrons. The first kappa shape index (κ1) is 20.4. The fraction of sp³-hybridized carbons (Fsp3) is 1.00. The summed E-state index contributed by atoms with van der Waals surface area (Å²) in [5.74, 6) is 0. The van der Waals surface area contributed by atoms with Crippen LogP contribution in [-0.4, -0.2) is 30.9 Å². The third-order valence-electron chi connectivity index (χ3n) is 3.99. The van der Waals surface area contributed by atoms with Gasteiger partial charge >= 0.3 is 0 Å². The van der Waals surface area contributed by atoms with Crippen molar-refractivity contribution in [1.82, 2.24) is 4.90 Å². The van der Waals surface area contributed by atoms with E-state index in [1.165, 1.54) is 102 Å². The van der Waals surface area contributed by atoms with E-state index in [9.17, 15) is 0 Å². The van der Waals surface area contributed by atoms with Gasteiger partial charge in [-0.05, 0) is 33.5 Å². The third kappa shape index (κ3) is 18.4. The minimum atomic E-state index is 1.18. The Labute approximate surface area is 137 Å². The summed E-state index contributed by atoms with van der Waals surface area (Å²) in [5.41, 5.74) is 0. The van der Waals surface area contributed by atoms with Crippen molar-refractivity contribution in [3.8, 4) is 0 Å². The van der Waals surface area contributed by atoms with E-state index in [-0.39, 0.29) is 0 Å². The molecule has 122 valence electrons. The molecule has 0 atom stereocenters. The molecule has 0 bridgehead atoms. The second-order valence-electron chi connectivity index (χ2n) is 6.44. The molecule has 2 heteroatoms. The van der Waals surface area contributed by atoms with Crippen molar-refractivity contribution in [3.05, 3.63) is 0 Å². The molecule has 0 aliphatic heterocycles. The second-order valence-corrected chi connectivity index (χ2v) is 7.24. The molecule has 0 spiro atoms. The van der Waals surface area contributed by atoms with Crippen LogP contribution in [0.1, 0.15) is 89.9 Å². The van der Waals surface area contributed by atoms with Crippen molar-refractivity contribution in [2.45, 2.75) is 89.9 Å². The van der Waals surface area contributed by atoms with E-state index >= 15 is 0 Å². The Kier molecular flexibility index (Phi) is 17.9. The molecule has 0 unspecified atom stereocenters. The summed E-state index contributed by atoms with van der Waals surface area (Å²) in [5, 5.41) is 1.18. The predicted molar refractivity (Wildman–Crippen MR) is 97.0 cm³/mol. The number of nitrogens with zero attached hydrogens (tertiary/aromatic N) is 1. The average molecular weight is 348 g/mol. The summed E-state index contributed by atoms with van der Waals surface area (Å²) in [6.45, 7) is 1.26. The summed E-state index contributed by atoms with van der Waals surface area (Å²) >= 11 is 3.49. The summed E-state index contributed by atoms with van der Waals surface area (Å²) in [6, 6.07) is 0. The predicted octanol–water partition coefficient (Wildman–Crippen LogP) is 6.40. The zero-order valence-electron chi connectivity index (χ0n) is 14.1. The Hall–Kier alpha value is 0.440. The zero-order chi connectivity index (χ0) is 14.9. The molecule has 0 aromatic rings. The maximum atomic E-state index is 3.49. The van der Waals surface area contributed by atoms with Gasteiger partial charge in [0.1, 0.15) is 0 Å². The second kappa shape index (κ2) is 17.5. The Bertz CT molecular complexity index is 171. The lowest BCUT2D eigenvalue weighted by atomic mass is 10.0. The molecule has 0 saturated heterocycles. The summed E-state index contributed by atoms with van der Waals surface area (Å²) in [4.78, 5) is 2.29. The van der Waals surface area contributed by atoms with Crippen LogP contribution >= 0.6 is 15.9 Å². The molecular weight excluding hydrogens is 310 g/mol. The van der Waals surface area contributed by atoms with Crippen molar-refractivity contribution >= 4 is 15.9 Å². The van der Waals surface area contributed by atoms with Gasteiger partial charge in [0.15, 0.2) is 0 Å². The summed E-state index contributed by atoms with van der Waals surface area (Å²) in [6.07, 6.45) is 20.2. The summed E-state index contributed by atoms with van der Waals surface area (Å²) in [7, 11) is 4.34. The van der Waals surface area contributed by atoms with E-state index in [0.717, 1.165) is 0 Å². The van der Waals surface area contributed by atoms with Crippen molar-refractivity contribution < 1.29 is 0 Å². The Morgan fingerprint density at radius 2 is 0.800 bits per heavy atom. The first-order chi connectivity index (χ1) is 9.77. The van der Waals surface area contributed by atoms with E-state index < -0.39 is 0 Å². The largest absolute Gasteiger partial charge is 0.309 e. The van der Waals surface area contributed by atoms with Gasteiger partial charge < -0.3 is 4.90 Å². The number of alkyl halides is 1. The Balaban J connectivity index is 2.92. The summed E-state index contributed by atoms with van der Waals surface area (Å²) < 4.78 is 0. The first-order valence-electron chi connectivity index (χ1n) is 8.98. The van der Waals surface area contributed by atoms with Crippen LogP contribution < -0.4 is 0 Å². The van der Waals surface area contributed by atoms with Gasteiger partial charge in [-0.25, -0.2) is 0 Å². The fourth-order valence-corrected chi connectivity index (χ4v) is 3.04. The normalized spacial score (nSPS) is 11.4. The number of hydrogen-bond acceptors (Lipinski definition) is 1. The van der Waals surface area contributed by atoms with Crippen molar-refractivity contribution in [3.63, 3.8) is 0 Å². The molecular formula is C18H38BrN. The zero-order valence-corrected chi connectivity index (χ0v) is 15.7. The van der Waals surface area contributed by atoms with Gasteiger partial charge in [0.2, 0.25) is 0 Å². The molecule has 0 fully saturated rings. The first-order valence-corrected chi connectivity index (χ1v) is 10.1. The Morgan fingerprint density at radius 3 is 1.10 bits per heavy atom. The molecule has 1 nitrogen and oxygen atoms in total. The van der Waals surface area contributed by atoms with Gasteiger partial charge in [-0.2, -0.15) is 0 Å². The van der Waals surface area contributed by atoms with Gasteiger partial charge in [0.05, 0.1) is 0 Å². The molecule has 0 aliphatic rings. The van der Waals surface area contributed by atoms with E-state index in [1.54, 1.807) is 0 Å². The van der Waals surface area contributed by atoms with E-state index in [2.05, 4.69) is 34.9 Å². The monoisotopic (exact) mass is 347 g/mol. The van der Waals surface area contributed by atoms with Crippen LogP contribution in [0.2, 0.25) is 0 Å². The van der Waals surface area contributed by atoms with Crippen LogP contribution in [0.25, 0.3) is 0 Å². The highest BCUT2D eigenvalue weighted by molar-refractivity contribution is 9.09. The standard InChI is InChI=1S/C18H38BrN/c1-20(2)18-16-14-12-10-8-6-4-3-5-7-9-11-13-15-17-19/h3-18H2,1-2H3. The van der Waals surface area contributed by atoms with Crippen LogP contribution in [0.5, 0.6) is 0 Å². The van der Waals surface area contributed by atoms with Gasteiger partial charge in [-0.1, -0.05) is 93.0 Å². The molecule has 0 aromatic carbocycles. The fourth-order valence-electron chi connectivity index (χ4n) is 2.64. The topological polar surface area (TPSA) is 3.24 Å². The van der Waals surface area contributed by atoms with Gasteiger partial charge in [-0.3, -0.25) is 0 Å². The molecule has 0 N–H and O–H groups in total. The SMILES string of the molecule is CN(C)CCCCCCCCCCCCCCCCBr. The maximum Gasteiger partial charge on any atom is 0.00313 e. The average Bonchev–Trinajstić information content (AvgIpc) is 2.43. The van der Waals surface area contributed by atoms with Gasteiger partial charge in [0, 0.05) is 5.33 Å². The van der Waals surface area contributed by atoms with E-state index in [0.29, 0.717) is 0 Å². The molecule has 0 aromatic heterocycles. The maximum absolute atomic E-state index is 3.49. The van der Waals surface area contributed by atoms with Crippen molar-refractivity contribution in [2.75, 3.05) is 26.0 Å². The number of unbranched alkanes of at least 4 members (excludes halogenated alkanes) is 13. The molecule has 20 heavy (non-hydrogen) atoms. The Morgan fingerprint density at radius 1 is 0.500 bits per heavy atom. The quantitative estimate of drug-likeness (QED) is 0.230. The number of rotatable bonds is 16. The molecule has 0 aliphatic carbocycles. The minimum absolute atomic E-state index is 1.18. The van der Waals surface area contributed by atoms with Crippen LogP contribution in [0.3, 0.4) is 0 Å². The third-order valence-corrected chi connectivity index (χ3v) is 4.55. The highest BCUT2D eigenvalue weighted by Gasteiger charge is 1.94. The van der Waals surface area contributed by atoms with Crippen molar-refractivity contribution in [2.24, 2.45) is 0 Å². The van der Waals surface area contributed by atoms with Crippen LogP contribution in [0.4, 0.5) is 0 Å². The highest BCUT2D eigenvalue weighted by Crippen LogP contribution is 2.13. The minimum Gasteiger partial charge on any atom is -0.309 e. The van der Waals surface area contributed by atoms with E-state index in [1.807, 2.05) is 0 Å². The van der Waals surface area contributed by atoms with E-state index in [4.69, 9.17) is 0 Å². The smallest absolute Gasteiger partial charge is 0.00313 e. The lowest BCUT2D eigenvalue weighted by Gasteiger charge is -2.08. The highest BCUT2D eigenvalue weighted by atomic mass is 79.9. The van der Waals surface area contributed by atoms with Gasteiger partial charge in [-0.15, -0.1) is 0 Å². The molecule has 0 rings (SSSR count). The number of halogens is 1. The van der Waals surface area contributed by atoms with Crippen LogP contribution in [0.15, 0.2) is 0 Å². The lowest BCUT2D eigenvalue weighted by Crippen LogP contribution is -2.12. The number of hydrogen-bond donors (Lipinski definition) is 0. The van der Waals surface area contributed by atoms with Crippen molar-refractivity contribution in [1.29, 1.82) is 0 Å². The molecule has 0 saturated carbocycles. The van der Waals surface area contributed by atoms with Gasteiger partial charge in [0.25, 0.3) is 0 Å².